The van der Waals surface area contributed by atoms with Crippen LogP contribution in [0.5, 0.6) is 0 Å². The SMILES string of the molecule is CC(C)(C)CC1CC(c2onc(CCC(=O)O)c2Br)C1. The van der Waals surface area contributed by atoms with Gasteiger partial charge in [0.2, 0.25) is 0 Å². The molecule has 1 saturated carbocycles. The maximum absolute atomic E-state index is 10.6. The van der Waals surface area contributed by atoms with Crippen molar-refractivity contribution >= 4 is 21.9 Å². The second-order valence-electron chi connectivity index (χ2n) is 7.00. The van der Waals surface area contributed by atoms with E-state index in [-0.39, 0.29) is 6.42 Å². The number of carbonyl (C=O) groups is 1. The van der Waals surface area contributed by atoms with Gasteiger partial charge in [0.25, 0.3) is 0 Å². The van der Waals surface area contributed by atoms with Crippen LogP contribution in [0.15, 0.2) is 9.00 Å². The van der Waals surface area contributed by atoms with E-state index in [9.17, 15) is 4.79 Å². The summed E-state index contributed by atoms with van der Waals surface area (Å²) in [4.78, 5) is 10.6. The molecule has 0 spiro atoms. The molecule has 1 aliphatic carbocycles. The van der Waals surface area contributed by atoms with Gasteiger partial charge < -0.3 is 9.63 Å². The zero-order chi connectivity index (χ0) is 14.9. The molecule has 0 saturated heterocycles. The van der Waals surface area contributed by atoms with Gasteiger partial charge in [-0.05, 0) is 46.5 Å². The van der Waals surface area contributed by atoms with E-state index in [1.165, 1.54) is 6.42 Å². The Morgan fingerprint density at radius 1 is 1.45 bits per heavy atom. The summed E-state index contributed by atoms with van der Waals surface area (Å²) in [5.74, 6) is 1.29. The molecule has 0 unspecified atom stereocenters. The van der Waals surface area contributed by atoms with Gasteiger partial charge in [-0.1, -0.05) is 25.9 Å². The number of halogens is 1. The molecular formula is C15H22BrNO3. The lowest BCUT2D eigenvalue weighted by Crippen LogP contribution is -2.26. The fourth-order valence-electron chi connectivity index (χ4n) is 2.94. The zero-order valence-corrected chi connectivity index (χ0v) is 13.9. The van der Waals surface area contributed by atoms with Gasteiger partial charge in [0.1, 0.15) is 0 Å². The second kappa shape index (κ2) is 5.88. The maximum atomic E-state index is 10.6. The first-order valence-corrected chi connectivity index (χ1v) is 7.91. The van der Waals surface area contributed by atoms with E-state index in [2.05, 4.69) is 41.9 Å². The third-order valence-corrected chi connectivity index (χ3v) is 4.66. The smallest absolute Gasteiger partial charge is 0.303 e. The number of aromatic nitrogens is 1. The van der Waals surface area contributed by atoms with Crippen LogP contribution in [0.2, 0.25) is 0 Å². The van der Waals surface area contributed by atoms with Crippen LogP contribution in [0.3, 0.4) is 0 Å². The Bertz CT molecular complexity index is 484. The van der Waals surface area contributed by atoms with Gasteiger partial charge in [-0.3, -0.25) is 4.79 Å². The van der Waals surface area contributed by atoms with Crippen LogP contribution in [0.1, 0.15) is 63.8 Å². The minimum atomic E-state index is -0.810. The Hall–Kier alpha value is -0.840. The molecule has 20 heavy (non-hydrogen) atoms. The summed E-state index contributed by atoms with van der Waals surface area (Å²) in [6.07, 6.45) is 4.02. The standard InChI is InChI=1S/C15H22BrNO3/c1-15(2,3)8-9-6-10(7-9)14-13(16)11(17-20-14)4-5-12(18)19/h9-10H,4-8H2,1-3H3,(H,18,19). The van der Waals surface area contributed by atoms with Crippen molar-refractivity contribution in [3.05, 3.63) is 15.9 Å². The number of hydrogen-bond donors (Lipinski definition) is 1. The zero-order valence-electron chi connectivity index (χ0n) is 12.3. The number of carboxylic acid groups (broad SMARTS) is 1. The fraction of sp³-hybridized carbons (Fsp3) is 0.733. The Balaban J connectivity index is 1.91. The highest BCUT2D eigenvalue weighted by molar-refractivity contribution is 9.10. The Kier molecular flexibility index (Phi) is 4.57. The molecule has 4 nitrogen and oxygen atoms in total. The molecule has 1 aromatic heterocycles. The third kappa shape index (κ3) is 3.84. The Labute approximate surface area is 128 Å². The van der Waals surface area contributed by atoms with Crippen LogP contribution in [-0.2, 0) is 11.2 Å². The van der Waals surface area contributed by atoms with Gasteiger partial charge in [0.15, 0.2) is 5.76 Å². The predicted octanol–water partition coefficient (Wildman–Crippen LogP) is 4.38. The van der Waals surface area contributed by atoms with E-state index in [1.54, 1.807) is 0 Å². The lowest BCUT2D eigenvalue weighted by molar-refractivity contribution is -0.136. The molecule has 0 aliphatic heterocycles. The molecule has 1 aliphatic rings. The van der Waals surface area contributed by atoms with E-state index < -0.39 is 5.97 Å². The molecule has 2 rings (SSSR count). The molecular weight excluding hydrogens is 322 g/mol. The molecule has 112 valence electrons. The van der Waals surface area contributed by atoms with E-state index in [0.29, 0.717) is 17.8 Å². The molecule has 1 fully saturated rings. The highest BCUT2D eigenvalue weighted by Crippen LogP contribution is 2.48. The van der Waals surface area contributed by atoms with Crippen molar-refractivity contribution in [2.24, 2.45) is 11.3 Å². The van der Waals surface area contributed by atoms with Gasteiger partial charge in [-0.15, -0.1) is 0 Å². The van der Waals surface area contributed by atoms with Gasteiger partial charge in [0, 0.05) is 12.3 Å². The topological polar surface area (TPSA) is 63.3 Å². The minimum Gasteiger partial charge on any atom is -0.481 e. The van der Waals surface area contributed by atoms with E-state index in [0.717, 1.165) is 34.7 Å². The Morgan fingerprint density at radius 3 is 2.65 bits per heavy atom. The average molecular weight is 344 g/mol. The first kappa shape index (κ1) is 15.5. The van der Waals surface area contributed by atoms with E-state index in [4.69, 9.17) is 9.63 Å². The Morgan fingerprint density at radius 2 is 2.10 bits per heavy atom. The molecule has 1 N–H and O–H groups in total. The normalized spacial score (nSPS) is 22.6. The number of hydrogen-bond acceptors (Lipinski definition) is 3. The van der Waals surface area contributed by atoms with Crippen molar-refractivity contribution in [3.63, 3.8) is 0 Å². The monoisotopic (exact) mass is 343 g/mol. The van der Waals surface area contributed by atoms with Crippen molar-refractivity contribution in [1.82, 2.24) is 5.16 Å². The average Bonchev–Trinajstić information content (AvgIpc) is 2.60. The highest BCUT2D eigenvalue weighted by atomic mass is 79.9. The lowest BCUT2D eigenvalue weighted by Gasteiger charge is -2.37. The fourth-order valence-corrected chi connectivity index (χ4v) is 3.61. The molecule has 0 amide bonds. The number of aryl methyl sites for hydroxylation is 1. The first-order chi connectivity index (χ1) is 9.26. The van der Waals surface area contributed by atoms with Gasteiger partial charge in [0.05, 0.1) is 16.6 Å². The van der Waals surface area contributed by atoms with Crippen molar-refractivity contribution < 1.29 is 14.4 Å². The third-order valence-electron chi connectivity index (χ3n) is 3.81. The van der Waals surface area contributed by atoms with Crippen LogP contribution < -0.4 is 0 Å². The highest BCUT2D eigenvalue weighted by Gasteiger charge is 2.36. The summed E-state index contributed by atoms with van der Waals surface area (Å²) in [6, 6.07) is 0. The van der Waals surface area contributed by atoms with Crippen LogP contribution in [0.4, 0.5) is 0 Å². The van der Waals surface area contributed by atoms with Crippen LogP contribution in [-0.4, -0.2) is 16.2 Å². The molecule has 0 aromatic carbocycles. The minimum absolute atomic E-state index is 0.0852. The van der Waals surface area contributed by atoms with Crippen LogP contribution in [0.25, 0.3) is 0 Å². The predicted molar refractivity (Wildman–Crippen MR) is 79.7 cm³/mol. The summed E-state index contributed by atoms with van der Waals surface area (Å²) in [7, 11) is 0. The van der Waals surface area contributed by atoms with Crippen molar-refractivity contribution in [3.8, 4) is 0 Å². The first-order valence-electron chi connectivity index (χ1n) is 7.12. The maximum Gasteiger partial charge on any atom is 0.303 e. The largest absolute Gasteiger partial charge is 0.481 e. The summed E-state index contributed by atoms with van der Waals surface area (Å²) in [6.45, 7) is 6.82. The van der Waals surface area contributed by atoms with Gasteiger partial charge in [-0.25, -0.2) is 0 Å². The summed E-state index contributed by atoms with van der Waals surface area (Å²) in [5, 5.41) is 12.7. The van der Waals surface area contributed by atoms with Crippen LogP contribution >= 0.6 is 15.9 Å². The molecule has 0 radical (unpaired) electrons. The van der Waals surface area contributed by atoms with Crippen molar-refractivity contribution in [2.45, 2.75) is 58.8 Å². The molecule has 0 atom stereocenters. The molecule has 1 heterocycles. The van der Waals surface area contributed by atoms with E-state index in [1.807, 2.05) is 0 Å². The van der Waals surface area contributed by atoms with Gasteiger partial charge >= 0.3 is 5.97 Å². The second-order valence-corrected chi connectivity index (χ2v) is 7.79. The molecule has 1 aromatic rings. The summed E-state index contributed by atoms with van der Waals surface area (Å²) >= 11 is 3.51. The van der Waals surface area contributed by atoms with E-state index >= 15 is 0 Å². The quantitative estimate of drug-likeness (QED) is 0.861. The number of nitrogens with zero attached hydrogens (tertiary/aromatic N) is 1. The molecule has 0 bridgehead atoms. The summed E-state index contributed by atoms with van der Waals surface area (Å²) < 4.78 is 6.29. The number of rotatable bonds is 5. The van der Waals surface area contributed by atoms with Gasteiger partial charge in [-0.2, -0.15) is 0 Å². The lowest BCUT2D eigenvalue weighted by atomic mass is 9.67. The van der Waals surface area contributed by atoms with Crippen molar-refractivity contribution in [1.29, 1.82) is 0 Å². The van der Waals surface area contributed by atoms with Crippen LogP contribution in [0, 0.1) is 11.3 Å². The number of aliphatic carboxylic acids is 1. The summed E-state index contributed by atoms with van der Waals surface area (Å²) in [5.41, 5.74) is 1.10. The van der Waals surface area contributed by atoms with Crippen molar-refractivity contribution in [2.75, 3.05) is 0 Å². The molecule has 5 heteroatoms. The number of carboxylic acids is 1.